The molecule has 3 aromatic rings. The number of carbonyl (C=O) groups is 2. The van der Waals surface area contributed by atoms with Crippen molar-refractivity contribution in [1.82, 2.24) is 9.55 Å². The van der Waals surface area contributed by atoms with Gasteiger partial charge in [0.1, 0.15) is 0 Å². The Kier molecular flexibility index (Phi) is 6.89. The molecule has 3 rings (SSSR count). The monoisotopic (exact) mass is 424 g/mol. The van der Waals surface area contributed by atoms with Crippen LogP contribution in [0.3, 0.4) is 0 Å². The summed E-state index contributed by atoms with van der Waals surface area (Å²) in [5, 5.41) is 6.59. The van der Waals surface area contributed by atoms with Gasteiger partial charge in [-0.05, 0) is 36.2 Å². The van der Waals surface area contributed by atoms with Gasteiger partial charge < -0.3 is 10.6 Å². The van der Waals surface area contributed by atoms with E-state index in [4.69, 9.17) is 0 Å². The number of nitrogens with zero attached hydrogens (tertiary/aromatic N) is 2. The molecule has 0 bridgehead atoms. The average molecular weight is 425 g/mol. The largest absolute Gasteiger partial charge is 0.326 e. The second-order valence-electron chi connectivity index (χ2n) is 7.32. The van der Waals surface area contributed by atoms with Crippen LogP contribution >= 0.6 is 11.8 Å². The standard InChI is InChI=1S/C22H24N4O3S/c1-14(2)12-26-21(29)18-9-4-5-10-19(18)25-22(26)30-13-20(28)24-17-8-6-7-16(11-17)23-15(3)27/h4-11,14H,12-13H2,1-3H3,(H,23,27)(H,24,28). The SMILES string of the molecule is CC(=O)Nc1cccc(NC(=O)CSc2nc3ccccc3c(=O)n2CC(C)C)c1. The quantitative estimate of drug-likeness (QED) is 0.445. The summed E-state index contributed by atoms with van der Waals surface area (Å²) in [7, 11) is 0. The molecule has 0 saturated heterocycles. The average Bonchev–Trinajstić information content (AvgIpc) is 2.68. The van der Waals surface area contributed by atoms with Crippen molar-refractivity contribution in [2.24, 2.45) is 5.92 Å². The summed E-state index contributed by atoms with van der Waals surface area (Å²) in [5.74, 6) is -0.0406. The fourth-order valence-corrected chi connectivity index (χ4v) is 3.80. The van der Waals surface area contributed by atoms with Crippen LogP contribution in [-0.2, 0) is 16.1 Å². The minimum Gasteiger partial charge on any atom is -0.326 e. The number of amides is 2. The maximum absolute atomic E-state index is 12.9. The Hall–Kier alpha value is -3.13. The molecule has 8 heteroatoms. The van der Waals surface area contributed by atoms with Crippen LogP contribution in [0.15, 0.2) is 58.5 Å². The van der Waals surface area contributed by atoms with Gasteiger partial charge in [0.25, 0.3) is 5.56 Å². The third-order valence-corrected chi connectivity index (χ3v) is 5.15. The molecular formula is C22H24N4O3S. The molecule has 2 N–H and O–H groups in total. The molecule has 0 spiro atoms. The van der Waals surface area contributed by atoms with E-state index in [0.717, 1.165) is 0 Å². The first-order valence-electron chi connectivity index (χ1n) is 9.63. The first kappa shape index (κ1) is 21.6. The van der Waals surface area contributed by atoms with Crippen molar-refractivity contribution in [3.63, 3.8) is 0 Å². The minimum atomic E-state index is -0.224. The van der Waals surface area contributed by atoms with Crippen LogP contribution in [0.5, 0.6) is 0 Å². The van der Waals surface area contributed by atoms with Crippen molar-refractivity contribution in [2.75, 3.05) is 16.4 Å². The van der Waals surface area contributed by atoms with E-state index in [9.17, 15) is 14.4 Å². The van der Waals surface area contributed by atoms with E-state index in [1.807, 2.05) is 26.0 Å². The molecule has 0 saturated carbocycles. The number of nitrogens with one attached hydrogen (secondary N) is 2. The number of para-hydroxylation sites is 1. The Balaban J connectivity index is 1.77. The normalized spacial score (nSPS) is 10.9. The maximum Gasteiger partial charge on any atom is 0.262 e. The van der Waals surface area contributed by atoms with Crippen LogP contribution < -0.4 is 16.2 Å². The van der Waals surface area contributed by atoms with Gasteiger partial charge in [-0.3, -0.25) is 19.0 Å². The molecule has 1 heterocycles. The number of carbonyl (C=O) groups excluding carboxylic acids is 2. The van der Waals surface area contributed by atoms with E-state index in [1.165, 1.54) is 18.7 Å². The Morgan fingerprint density at radius 3 is 2.47 bits per heavy atom. The topological polar surface area (TPSA) is 93.1 Å². The molecule has 0 radical (unpaired) electrons. The number of hydrogen-bond acceptors (Lipinski definition) is 5. The zero-order valence-electron chi connectivity index (χ0n) is 17.1. The lowest BCUT2D eigenvalue weighted by atomic mass is 10.2. The summed E-state index contributed by atoms with van der Waals surface area (Å²) in [6, 6.07) is 14.2. The van der Waals surface area contributed by atoms with E-state index in [-0.39, 0.29) is 29.0 Å². The Labute approximate surface area is 178 Å². The van der Waals surface area contributed by atoms with E-state index in [2.05, 4.69) is 15.6 Å². The second-order valence-corrected chi connectivity index (χ2v) is 8.26. The number of anilines is 2. The van der Waals surface area contributed by atoms with E-state index in [1.54, 1.807) is 41.0 Å². The molecule has 0 aliphatic rings. The third kappa shape index (κ3) is 5.48. The van der Waals surface area contributed by atoms with Gasteiger partial charge in [0.15, 0.2) is 5.16 Å². The highest BCUT2D eigenvalue weighted by Crippen LogP contribution is 2.20. The van der Waals surface area contributed by atoms with Gasteiger partial charge in [-0.15, -0.1) is 0 Å². The van der Waals surface area contributed by atoms with Crippen LogP contribution in [0.1, 0.15) is 20.8 Å². The smallest absolute Gasteiger partial charge is 0.262 e. The Morgan fingerprint density at radius 1 is 1.07 bits per heavy atom. The van der Waals surface area contributed by atoms with Gasteiger partial charge in [0.2, 0.25) is 11.8 Å². The number of thioether (sulfide) groups is 1. The summed E-state index contributed by atoms with van der Waals surface area (Å²) in [6.45, 7) is 6.02. The Morgan fingerprint density at radius 2 is 1.77 bits per heavy atom. The highest BCUT2D eigenvalue weighted by Gasteiger charge is 2.14. The second kappa shape index (κ2) is 9.58. The zero-order chi connectivity index (χ0) is 21.7. The lowest BCUT2D eigenvalue weighted by Crippen LogP contribution is -2.26. The van der Waals surface area contributed by atoms with Gasteiger partial charge in [0.05, 0.1) is 16.7 Å². The molecule has 156 valence electrons. The molecule has 0 unspecified atom stereocenters. The summed E-state index contributed by atoms with van der Waals surface area (Å²) in [6.07, 6.45) is 0. The van der Waals surface area contributed by atoms with Crippen molar-refractivity contribution in [1.29, 1.82) is 0 Å². The van der Waals surface area contributed by atoms with E-state index >= 15 is 0 Å². The van der Waals surface area contributed by atoms with Crippen molar-refractivity contribution in [3.05, 3.63) is 58.9 Å². The molecule has 0 atom stereocenters. The number of rotatable bonds is 7. The summed E-state index contributed by atoms with van der Waals surface area (Å²) >= 11 is 1.23. The lowest BCUT2D eigenvalue weighted by Gasteiger charge is -2.15. The van der Waals surface area contributed by atoms with E-state index < -0.39 is 0 Å². The fourth-order valence-electron chi connectivity index (χ4n) is 2.99. The van der Waals surface area contributed by atoms with Gasteiger partial charge in [-0.1, -0.05) is 43.8 Å². The molecule has 0 aliphatic carbocycles. The molecule has 0 aliphatic heterocycles. The summed E-state index contributed by atoms with van der Waals surface area (Å²) in [4.78, 5) is 41.2. The fraction of sp³-hybridized carbons (Fsp3) is 0.273. The Bertz CT molecular complexity index is 1140. The highest BCUT2D eigenvalue weighted by atomic mass is 32.2. The van der Waals surface area contributed by atoms with E-state index in [0.29, 0.717) is 34.0 Å². The summed E-state index contributed by atoms with van der Waals surface area (Å²) in [5.41, 5.74) is 1.71. The predicted octanol–water partition coefficient (Wildman–Crippen LogP) is 3.74. The first-order valence-corrected chi connectivity index (χ1v) is 10.6. The van der Waals surface area contributed by atoms with Gasteiger partial charge in [0, 0.05) is 24.8 Å². The third-order valence-electron chi connectivity index (χ3n) is 4.17. The van der Waals surface area contributed by atoms with Crippen LogP contribution in [-0.4, -0.2) is 27.1 Å². The first-order chi connectivity index (χ1) is 14.3. The zero-order valence-corrected chi connectivity index (χ0v) is 18.0. The van der Waals surface area contributed by atoms with Gasteiger partial charge >= 0.3 is 0 Å². The number of benzene rings is 2. The van der Waals surface area contributed by atoms with Crippen LogP contribution in [0, 0.1) is 5.92 Å². The number of fused-ring (bicyclic) bond motifs is 1. The number of hydrogen-bond donors (Lipinski definition) is 2. The maximum atomic E-state index is 12.9. The molecule has 0 fully saturated rings. The summed E-state index contributed by atoms with van der Waals surface area (Å²) < 4.78 is 1.64. The molecule has 2 aromatic carbocycles. The lowest BCUT2D eigenvalue weighted by molar-refractivity contribution is -0.114. The molecule has 30 heavy (non-hydrogen) atoms. The number of aromatic nitrogens is 2. The predicted molar refractivity (Wildman–Crippen MR) is 121 cm³/mol. The van der Waals surface area contributed by atoms with Gasteiger partial charge in [-0.2, -0.15) is 0 Å². The molecular weight excluding hydrogens is 400 g/mol. The highest BCUT2D eigenvalue weighted by molar-refractivity contribution is 7.99. The molecule has 1 aromatic heterocycles. The van der Waals surface area contributed by atoms with Crippen LogP contribution in [0.25, 0.3) is 10.9 Å². The van der Waals surface area contributed by atoms with Crippen molar-refractivity contribution in [3.8, 4) is 0 Å². The molecule has 2 amide bonds. The van der Waals surface area contributed by atoms with Crippen molar-refractivity contribution < 1.29 is 9.59 Å². The van der Waals surface area contributed by atoms with Gasteiger partial charge in [-0.25, -0.2) is 4.98 Å². The van der Waals surface area contributed by atoms with Crippen molar-refractivity contribution >= 4 is 45.9 Å². The van der Waals surface area contributed by atoms with Crippen molar-refractivity contribution in [2.45, 2.75) is 32.5 Å². The minimum absolute atomic E-state index is 0.0970. The molecule has 7 nitrogen and oxygen atoms in total. The van der Waals surface area contributed by atoms with Crippen LogP contribution in [0.4, 0.5) is 11.4 Å². The van der Waals surface area contributed by atoms with Crippen LogP contribution in [0.2, 0.25) is 0 Å².